The minimum Gasteiger partial charge on any atom is -0.363 e. The summed E-state index contributed by atoms with van der Waals surface area (Å²) in [6.45, 7) is 5.34. The highest BCUT2D eigenvalue weighted by atomic mass is 19.1. The van der Waals surface area contributed by atoms with Gasteiger partial charge in [0.2, 0.25) is 0 Å². The van der Waals surface area contributed by atoms with Gasteiger partial charge in [-0.05, 0) is 67.1 Å². The first kappa shape index (κ1) is 15.7. The Labute approximate surface area is 137 Å². The van der Waals surface area contributed by atoms with Crippen LogP contribution in [-0.4, -0.2) is 24.3 Å². The van der Waals surface area contributed by atoms with Gasteiger partial charge in [0.1, 0.15) is 11.7 Å². The van der Waals surface area contributed by atoms with Gasteiger partial charge >= 0.3 is 0 Å². The van der Waals surface area contributed by atoms with E-state index in [2.05, 4.69) is 37.9 Å². The first-order valence-corrected chi connectivity index (χ1v) is 8.16. The van der Waals surface area contributed by atoms with E-state index in [-0.39, 0.29) is 5.82 Å². The fraction of sp³-hybridized carbons (Fsp3) is 0.350. The number of hydrogen-bond acceptors (Lipinski definition) is 1. The van der Waals surface area contributed by atoms with Gasteiger partial charge < -0.3 is 4.90 Å². The van der Waals surface area contributed by atoms with Crippen LogP contribution < -0.4 is 0 Å². The molecule has 3 rings (SSSR count). The summed E-state index contributed by atoms with van der Waals surface area (Å²) in [5.74, 6) is 0.993. The van der Waals surface area contributed by atoms with Gasteiger partial charge in [-0.2, -0.15) is 0 Å². The average molecular weight is 310 g/mol. The van der Waals surface area contributed by atoms with Gasteiger partial charge in [-0.25, -0.2) is 9.38 Å². The fourth-order valence-corrected chi connectivity index (χ4v) is 3.07. The van der Waals surface area contributed by atoms with Crippen LogP contribution >= 0.6 is 0 Å². The first-order valence-electron chi connectivity index (χ1n) is 8.16. The van der Waals surface area contributed by atoms with Crippen molar-refractivity contribution < 1.29 is 4.39 Å². The summed E-state index contributed by atoms with van der Waals surface area (Å²) in [6, 6.07) is 11.1. The maximum Gasteiger partial charge on any atom is 0.123 e. The molecule has 0 N–H and O–H groups in total. The van der Waals surface area contributed by atoms with Gasteiger partial charge in [-0.3, -0.25) is 0 Å². The van der Waals surface area contributed by atoms with Crippen molar-refractivity contribution in [3.8, 4) is 0 Å². The van der Waals surface area contributed by atoms with Crippen molar-refractivity contribution in [2.24, 2.45) is 4.99 Å². The standard InChI is InChI=1S/C20H23FN2/c1-14-12-19(22-20-5-4-10-23(20)3)15(2)11-17(14)13-16-6-8-18(21)9-7-16/h6-9,11-12H,4-5,10,13H2,1-3H3. The second-order valence-electron chi connectivity index (χ2n) is 6.42. The molecule has 1 aliphatic rings. The third-order valence-electron chi connectivity index (χ3n) is 4.55. The lowest BCUT2D eigenvalue weighted by Gasteiger charge is -2.14. The van der Waals surface area contributed by atoms with E-state index in [0.717, 1.165) is 30.6 Å². The van der Waals surface area contributed by atoms with Crippen molar-refractivity contribution in [1.29, 1.82) is 0 Å². The molecule has 23 heavy (non-hydrogen) atoms. The summed E-state index contributed by atoms with van der Waals surface area (Å²) in [5.41, 5.74) is 5.90. The normalized spacial score (nSPS) is 16.3. The molecule has 2 aromatic rings. The summed E-state index contributed by atoms with van der Waals surface area (Å²) in [4.78, 5) is 7.09. The Kier molecular flexibility index (Phi) is 4.46. The van der Waals surface area contributed by atoms with Crippen LogP contribution in [0.4, 0.5) is 10.1 Å². The quantitative estimate of drug-likeness (QED) is 0.796. The van der Waals surface area contributed by atoms with Gasteiger partial charge in [0.25, 0.3) is 0 Å². The highest BCUT2D eigenvalue weighted by molar-refractivity contribution is 5.86. The molecule has 0 aromatic heterocycles. The molecule has 0 radical (unpaired) electrons. The molecule has 0 atom stereocenters. The highest BCUT2D eigenvalue weighted by Gasteiger charge is 2.15. The zero-order valence-corrected chi connectivity index (χ0v) is 14.1. The smallest absolute Gasteiger partial charge is 0.123 e. The number of aryl methyl sites for hydroxylation is 2. The third-order valence-corrected chi connectivity index (χ3v) is 4.55. The minimum atomic E-state index is -0.187. The molecule has 0 unspecified atom stereocenters. The Morgan fingerprint density at radius 2 is 1.83 bits per heavy atom. The van der Waals surface area contributed by atoms with E-state index in [1.165, 1.54) is 41.1 Å². The summed E-state index contributed by atoms with van der Waals surface area (Å²) in [5, 5.41) is 0. The Bertz CT molecular complexity index is 732. The SMILES string of the molecule is Cc1cc(N=C2CCCN2C)c(C)cc1Cc1ccc(F)cc1. The van der Waals surface area contributed by atoms with Crippen LogP contribution in [0.3, 0.4) is 0 Å². The van der Waals surface area contributed by atoms with Crippen LogP contribution in [0.25, 0.3) is 0 Å². The van der Waals surface area contributed by atoms with Crippen molar-refractivity contribution >= 4 is 11.5 Å². The first-order chi connectivity index (χ1) is 11.0. The number of amidine groups is 1. The van der Waals surface area contributed by atoms with Crippen LogP contribution in [0.15, 0.2) is 41.4 Å². The number of nitrogens with zero attached hydrogens (tertiary/aromatic N) is 2. The van der Waals surface area contributed by atoms with E-state index in [9.17, 15) is 4.39 Å². The van der Waals surface area contributed by atoms with Gasteiger partial charge in [0.15, 0.2) is 0 Å². The lowest BCUT2D eigenvalue weighted by atomic mass is 9.97. The van der Waals surface area contributed by atoms with E-state index >= 15 is 0 Å². The van der Waals surface area contributed by atoms with Crippen LogP contribution in [0.5, 0.6) is 0 Å². The second kappa shape index (κ2) is 6.53. The number of halogens is 1. The van der Waals surface area contributed by atoms with Crippen LogP contribution in [0.2, 0.25) is 0 Å². The number of hydrogen-bond donors (Lipinski definition) is 0. The molecule has 1 heterocycles. The molecule has 0 bridgehead atoms. The second-order valence-corrected chi connectivity index (χ2v) is 6.42. The molecule has 3 heteroatoms. The molecular weight excluding hydrogens is 287 g/mol. The van der Waals surface area contributed by atoms with E-state index < -0.39 is 0 Å². The molecule has 2 nitrogen and oxygen atoms in total. The zero-order valence-electron chi connectivity index (χ0n) is 14.1. The lowest BCUT2D eigenvalue weighted by molar-refractivity contribution is 0.550. The van der Waals surface area contributed by atoms with Crippen LogP contribution in [-0.2, 0) is 6.42 Å². The largest absolute Gasteiger partial charge is 0.363 e. The van der Waals surface area contributed by atoms with Gasteiger partial charge in [-0.1, -0.05) is 18.2 Å². The molecule has 120 valence electrons. The molecular formula is C20H23FN2. The Hall–Kier alpha value is -2.16. The molecule has 1 aliphatic heterocycles. The van der Waals surface area contributed by atoms with Crippen molar-refractivity contribution in [1.82, 2.24) is 4.90 Å². The van der Waals surface area contributed by atoms with Crippen LogP contribution in [0, 0.1) is 19.7 Å². The number of rotatable bonds is 3. The predicted molar refractivity (Wildman–Crippen MR) is 94.1 cm³/mol. The molecule has 0 amide bonds. The van der Waals surface area contributed by atoms with Gasteiger partial charge in [0, 0.05) is 20.0 Å². The van der Waals surface area contributed by atoms with E-state index in [0.29, 0.717) is 0 Å². The fourth-order valence-electron chi connectivity index (χ4n) is 3.07. The Balaban J connectivity index is 1.86. The summed E-state index contributed by atoms with van der Waals surface area (Å²) in [6.07, 6.45) is 3.08. The topological polar surface area (TPSA) is 15.6 Å². The number of aliphatic imine (C=N–C) groups is 1. The average Bonchev–Trinajstić information content (AvgIpc) is 2.92. The molecule has 2 aromatic carbocycles. The summed E-state index contributed by atoms with van der Waals surface area (Å²) in [7, 11) is 2.11. The highest BCUT2D eigenvalue weighted by Crippen LogP contribution is 2.27. The monoisotopic (exact) mass is 310 g/mol. The lowest BCUT2D eigenvalue weighted by Crippen LogP contribution is -2.18. The molecule has 0 spiro atoms. The molecule has 0 aliphatic carbocycles. The predicted octanol–water partition coefficient (Wildman–Crippen LogP) is 4.79. The van der Waals surface area contributed by atoms with E-state index in [4.69, 9.17) is 4.99 Å². The van der Waals surface area contributed by atoms with Crippen molar-refractivity contribution in [3.63, 3.8) is 0 Å². The summed E-state index contributed by atoms with van der Waals surface area (Å²) >= 11 is 0. The van der Waals surface area contributed by atoms with Crippen LogP contribution in [0.1, 0.15) is 35.1 Å². The van der Waals surface area contributed by atoms with Crippen molar-refractivity contribution in [3.05, 3.63) is 64.5 Å². The number of benzene rings is 2. The van der Waals surface area contributed by atoms with E-state index in [1.807, 2.05) is 12.1 Å². The van der Waals surface area contributed by atoms with Crippen molar-refractivity contribution in [2.75, 3.05) is 13.6 Å². The van der Waals surface area contributed by atoms with E-state index in [1.54, 1.807) is 0 Å². The van der Waals surface area contributed by atoms with Crippen molar-refractivity contribution in [2.45, 2.75) is 33.1 Å². The molecule has 0 saturated carbocycles. The third kappa shape index (κ3) is 3.61. The Morgan fingerprint density at radius 1 is 1.09 bits per heavy atom. The molecule has 1 fully saturated rings. The summed E-state index contributed by atoms with van der Waals surface area (Å²) < 4.78 is 13.0. The molecule has 1 saturated heterocycles. The maximum absolute atomic E-state index is 13.0. The van der Waals surface area contributed by atoms with Gasteiger partial charge in [-0.15, -0.1) is 0 Å². The zero-order chi connectivity index (χ0) is 16.4. The minimum absolute atomic E-state index is 0.187. The number of likely N-dealkylation sites (tertiary alicyclic amines) is 1. The maximum atomic E-state index is 13.0. The van der Waals surface area contributed by atoms with Gasteiger partial charge in [0.05, 0.1) is 5.69 Å². The Morgan fingerprint density at radius 3 is 2.48 bits per heavy atom.